The molecule has 2 aromatic carbocycles. The number of nitrogens with one attached hydrogen (secondary N) is 1. The van der Waals surface area contributed by atoms with Crippen LogP contribution in [0, 0.1) is 12.7 Å². The van der Waals surface area contributed by atoms with Gasteiger partial charge in [0.25, 0.3) is 5.91 Å². The maximum Gasteiger partial charge on any atom is 0.341 e. The summed E-state index contributed by atoms with van der Waals surface area (Å²) in [6.45, 7) is 5.50. The number of hydrogen-bond acceptors (Lipinski definition) is 5. The summed E-state index contributed by atoms with van der Waals surface area (Å²) in [6, 6.07) is 11.6. The molecule has 0 radical (unpaired) electrons. The number of halogens is 1. The van der Waals surface area contributed by atoms with Crippen molar-refractivity contribution in [3.63, 3.8) is 0 Å². The Labute approximate surface area is 185 Å². The molecule has 8 heteroatoms. The molecular formula is C24H25FN4O3. The molecule has 1 aliphatic rings. The summed E-state index contributed by atoms with van der Waals surface area (Å²) >= 11 is 0. The standard InChI is InChI=1S/C24H25FN4O3/c1-3-32-24(31)19-15-26-29(16(19)2)18-11-9-17(10-12-18)23(30)27-22-20(25)7-6-8-21(22)28-13-4-5-14-28/h6-12,15H,3-5,13-14H2,1-2H3,(H,27,30). The zero-order chi connectivity index (χ0) is 22.7. The first-order chi connectivity index (χ1) is 15.5. The predicted molar refractivity (Wildman–Crippen MR) is 120 cm³/mol. The number of benzene rings is 2. The third kappa shape index (κ3) is 4.21. The van der Waals surface area contributed by atoms with Gasteiger partial charge in [0.2, 0.25) is 0 Å². The van der Waals surface area contributed by atoms with Gasteiger partial charge in [0, 0.05) is 18.7 Å². The van der Waals surface area contributed by atoms with Crippen LogP contribution in [0.5, 0.6) is 0 Å². The van der Waals surface area contributed by atoms with Crippen molar-refractivity contribution in [2.24, 2.45) is 0 Å². The first-order valence-corrected chi connectivity index (χ1v) is 10.7. The second-order valence-corrected chi connectivity index (χ2v) is 7.61. The lowest BCUT2D eigenvalue weighted by atomic mass is 10.1. The largest absolute Gasteiger partial charge is 0.462 e. The second kappa shape index (κ2) is 9.21. The molecule has 0 unspecified atom stereocenters. The Morgan fingerprint density at radius 2 is 1.84 bits per heavy atom. The number of anilines is 2. The molecule has 32 heavy (non-hydrogen) atoms. The Morgan fingerprint density at radius 3 is 2.53 bits per heavy atom. The van der Waals surface area contributed by atoms with E-state index in [-0.39, 0.29) is 12.3 Å². The third-order valence-electron chi connectivity index (χ3n) is 5.56. The highest BCUT2D eigenvalue weighted by molar-refractivity contribution is 6.06. The fourth-order valence-corrected chi connectivity index (χ4v) is 3.88. The maximum atomic E-state index is 14.5. The van der Waals surface area contributed by atoms with E-state index in [0.717, 1.165) is 25.9 Å². The van der Waals surface area contributed by atoms with Crippen LogP contribution in [0.3, 0.4) is 0 Å². The van der Waals surface area contributed by atoms with Crippen molar-refractivity contribution in [2.45, 2.75) is 26.7 Å². The minimum absolute atomic E-state index is 0.200. The van der Waals surface area contributed by atoms with Crippen LogP contribution in [0.15, 0.2) is 48.7 Å². The van der Waals surface area contributed by atoms with Gasteiger partial charge >= 0.3 is 5.97 Å². The van der Waals surface area contributed by atoms with E-state index in [0.29, 0.717) is 28.2 Å². The third-order valence-corrected chi connectivity index (χ3v) is 5.56. The molecule has 1 aromatic heterocycles. The number of esters is 1. The van der Waals surface area contributed by atoms with Crippen molar-refractivity contribution >= 4 is 23.3 Å². The van der Waals surface area contributed by atoms with Gasteiger partial charge in [0.05, 0.1) is 29.9 Å². The van der Waals surface area contributed by atoms with Crippen LogP contribution < -0.4 is 10.2 Å². The van der Waals surface area contributed by atoms with E-state index in [1.807, 2.05) is 6.07 Å². The summed E-state index contributed by atoms with van der Waals surface area (Å²) in [7, 11) is 0. The van der Waals surface area contributed by atoms with Crippen LogP contribution in [0.2, 0.25) is 0 Å². The van der Waals surface area contributed by atoms with E-state index in [1.165, 1.54) is 12.3 Å². The molecule has 7 nitrogen and oxygen atoms in total. The molecule has 0 spiro atoms. The van der Waals surface area contributed by atoms with E-state index in [2.05, 4.69) is 15.3 Å². The second-order valence-electron chi connectivity index (χ2n) is 7.61. The molecule has 4 rings (SSSR count). The number of nitrogens with zero attached hydrogens (tertiary/aromatic N) is 3. The minimum Gasteiger partial charge on any atom is -0.462 e. The summed E-state index contributed by atoms with van der Waals surface area (Å²) in [5, 5.41) is 7.00. The van der Waals surface area contributed by atoms with E-state index in [4.69, 9.17) is 4.74 Å². The van der Waals surface area contributed by atoms with Crippen LogP contribution in [0.1, 0.15) is 46.2 Å². The lowest BCUT2D eigenvalue weighted by Crippen LogP contribution is -2.22. The van der Waals surface area contributed by atoms with Crippen molar-refractivity contribution in [1.82, 2.24) is 9.78 Å². The van der Waals surface area contributed by atoms with Gasteiger partial charge in [-0.15, -0.1) is 0 Å². The van der Waals surface area contributed by atoms with Crippen LogP contribution in [-0.4, -0.2) is 41.4 Å². The normalized spacial score (nSPS) is 13.3. The minimum atomic E-state index is -0.460. The fourth-order valence-electron chi connectivity index (χ4n) is 3.88. The molecule has 3 aromatic rings. The molecule has 1 aliphatic heterocycles. The molecule has 1 amide bonds. The Bertz CT molecular complexity index is 1130. The van der Waals surface area contributed by atoms with Crippen LogP contribution >= 0.6 is 0 Å². The van der Waals surface area contributed by atoms with Crippen LogP contribution in [-0.2, 0) is 4.74 Å². The number of ether oxygens (including phenoxy) is 1. The Kier molecular flexibility index (Phi) is 6.20. The number of carbonyl (C=O) groups excluding carboxylic acids is 2. The molecule has 0 atom stereocenters. The molecule has 1 saturated heterocycles. The molecular weight excluding hydrogens is 411 g/mol. The molecule has 0 saturated carbocycles. The van der Waals surface area contributed by atoms with Crippen molar-refractivity contribution in [1.29, 1.82) is 0 Å². The molecule has 1 fully saturated rings. The zero-order valence-electron chi connectivity index (χ0n) is 18.1. The number of rotatable bonds is 6. The summed E-state index contributed by atoms with van der Waals surface area (Å²) in [4.78, 5) is 26.9. The average Bonchev–Trinajstić information content (AvgIpc) is 3.45. The number of amides is 1. The van der Waals surface area contributed by atoms with E-state index >= 15 is 0 Å². The smallest absolute Gasteiger partial charge is 0.341 e. The molecule has 0 bridgehead atoms. The number of carbonyl (C=O) groups is 2. The van der Waals surface area contributed by atoms with Crippen LogP contribution in [0.4, 0.5) is 15.8 Å². The highest BCUT2D eigenvalue weighted by Crippen LogP contribution is 2.31. The maximum absolute atomic E-state index is 14.5. The van der Waals surface area contributed by atoms with Gasteiger partial charge in [-0.3, -0.25) is 4.79 Å². The molecule has 2 heterocycles. The van der Waals surface area contributed by atoms with E-state index in [9.17, 15) is 14.0 Å². The van der Waals surface area contributed by atoms with Crippen molar-refractivity contribution in [2.75, 3.05) is 29.9 Å². The predicted octanol–water partition coefficient (Wildman–Crippen LogP) is 4.35. The molecule has 0 aliphatic carbocycles. The fraction of sp³-hybridized carbons (Fsp3) is 0.292. The van der Waals surface area contributed by atoms with E-state index in [1.54, 1.807) is 48.9 Å². The van der Waals surface area contributed by atoms with Gasteiger partial charge in [-0.25, -0.2) is 13.9 Å². The first kappa shape index (κ1) is 21.5. The van der Waals surface area contributed by atoms with E-state index < -0.39 is 17.7 Å². The summed E-state index contributed by atoms with van der Waals surface area (Å²) < 4.78 is 21.2. The van der Waals surface area contributed by atoms with Gasteiger partial charge < -0.3 is 15.0 Å². The molecule has 166 valence electrons. The highest BCUT2D eigenvalue weighted by Gasteiger charge is 2.20. The van der Waals surface area contributed by atoms with Gasteiger partial charge in [-0.2, -0.15) is 5.10 Å². The van der Waals surface area contributed by atoms with Crippen LogP contribution in [0.25, 0.3) is 5.69 Å². The zero-order valence-corrected chi connectivity index (χ0v) is 18.1. The monoisotopic (exact) mass is 436 g/mol. The van der Waals surface area contributed by atoms with Crippen molar-refractivity contribution < 1.29 is 18.7 Å². The average molecular weight is 436 g/mol. The Morgan fingerprint density at radius 1 is 1.12 bits per heavy atom. The molecule has 1 N–H and O–H groups in total. The van der Waals surface area contributed by atoms with Gasteiger partial charge in [-0.05, 0) is 63.1 Å². The first-order valence-electron chi connectivity index (χ1n) is 10.7. The topological polar surface area (TPSA) is 76.5 Å². The van der Waals surface area contributed by atoms with Crippen molar-refractivity contribution in [3.8, 4) is 5.69 Å². The Balaban J connectivity index is 1.54. The summed E-state index contributed by atoms with van der Waals surface area (Å²) in [5.41, 5.74) is 3.01. The highest BCUT2D eigenvalue weighted by atomic mass is 19.1. The van der Waals surface area contributed by atoms with Gasteiger partial charge in [0.15, 0.2) is 0 Å². The van der Waals surface area contributed by atoms with Gasteiger partial charge in [0.1, 0.15) is 17.1 Å². The summed E-state index contributed by atoms with van der Waals surface area (Å²) in [6.07, 6.45) is 3.57. The van der Waals surface area contributed by atoms with Gasteiger partial charge in [-0.1, -0.05) is 6.07 Å². The number of para-hydroxylation sites is 1. The Hall–Kier alpha value is -3.68. The summed E-state index contributed by atoms with van der Waals surface area (Å²) in [5.74, 6) is -1.28. The lowest BCUT2D eigenvalue weighted by Gasteiger charge is -2.22. The number of hydrogen-bond donors (Lipinski definition) is 1. The number of aromatic nitrogens is 2. The van der Waals surface area contributed by atoms with Crippen molar-refractivity contribution in [3.05, 3.63) is 71.3 Å². The lowest BCUT2D eigenvalue weighted by molar-refractivity contribution is 0.0525. The SMILES string of the molecule is CCOC(=O)c1cnn(-c2ccc(C(=O)Nc3c(F)cccc3N3CCCC3)cc2)c1C. The quantitative estimate of drug-likeness (QED) is 0.582.